The number of carbonyl (C=O) groups is 1. The number of rotatable bonds is 4. The first kappa shape index (κ1) is 15.9. The van der Waals surface area contributed by atoms with Gasteiger partial charge in [0.2, 0.25) is 15.9 Å². The fourth-order valence-corrected chi connectivity index (χ4v) is 3.15. The highest BCUT2D eigenvalue weighted by atomic mass is 32.2. The van der Waals surface area contributed by atoms with E-state index in [0.717, 1.165) is 31.7 Å². The number of nitrogens with two attached hydrogens (primary N) is 1. The molecule has 3 N–H and O–H groups in total. The fourth-order valence-electron chi connectivity index (χ4n) is 2.63. The highest BCUT2D eigenvalue weighted by Gasteiger charge is 2.18. The van der Waals surface area contributed by atoms with E-state index in [1.165, 1.54) is 18.6 Å². The standard InChI is InChI=1S/C14H19FN2O3S/c15-12-9-11(21(16,19)20)6-7-13(12)17-14(18)8-10-4-2-1-3-5-10/h6-7,9-10H,1-5,8H2,(H,17,18)(H2,16,19,20). The molecule has 1 saturated carbocycles. The molecule has 2 rings (SSSR count). The Morgan fingerprint density at radius 1 is 1.29 bits per heavy atom. The quantitative estimate of drug-likeness (QED) is 0.894. The fraction of sp³-hybridized carbons (Fsp3) is 0.500. The summed E-state index contributed by atoms with van der Waals surface area (Å²) in [5.41, 5.74) is -0.0248. The van der Waals surface area contributed by atoms with Crippen molar-refractivity contribution in [3.8, 4) is 0 Å². The highest BCUT2D eigenvalue weighted by Crippen LogP contribution is 2.27. The lowest BCUT2D eigenvalue weighted by Crippen LogP contribution is -2.19. The van der Waals surface area contributed by atoms with E-state index in [1.54, 1.807) is 0 Å². The molecular formula is C14H19FN2O3S. The molecule has 1 aliphatic carbocycles. The van der Waals surface area contributed by atoms with Crippen LogP contribution in [0.3, 0.4) is 0 Å². The Kier molecular flexibility index (Phi) is 4.95. The number of anilines is 1. The molecule has 21 heavy (non-hydrogen) atoms. The van der Waals surface area contributed by atoms with Crippen LogP contribution in [0.15, 0.2) is 23.1 Å². The molecule has 0 heterocycles. The summed E-state index contributed by atoms with van der Waals surface area (Å²) in [5, 5.41) is 7.41. The molecule has 0 radical (unpaired) electrons. The van der Waals surface area contributed by atoms with Gasteiger partial charge in [-0.05, 0) is 37.0 Å². The van der Waals surface area contributed by atoms with Gasteiger partial charge in [-0.25, -0.2) is 17.9 Å². The van der Waals surface area contributed by atoms with Crippen LogP contribution in [-0.2, 0) is 14.8 Å². The van der Waals surface area contributed by atoms with E-state index in [9.17, 15) is 17.6 Å². The zero-order valence-corrected chi connectivity index (χ0v) is 12.5. The molecule has 0 saturated heterocycles. The van der Waals surface area contributed by atoms with Gasteiger partial charge in [0, 0.05) is 6.42 Å². The van der Waals surface area contributed by atoms with Crippen LogP contribution >= 0.6 is 0 Å². The first-order chi connectivity index (χ1) is 9.86. The first-order valence-corrected chi connectivity index (χ1v) is 8.53. The van der Waals surface area contributed by atoms with Crippen LogP contribution in [0.25, 0.3) is 0 Å². The van der Waals surface area contributed by atoms with Gasteiger partial charge in [-0.15, -0.1) is 0 Å². The molecular weight excluding hydrogens is 295 g/mol. The number of primary sulfonamides is 1. The number of nitrogens with one attached hydrogen (secondary N) is 1. The average molecular weight is 314 g/mol. The van der Waals surface area contributed by atoms with Crippen LogP contribution in [-0.4, -0.2) is 14.3 Å². The maximum Gasteiger partial charge on any atom is 0.238 e. The lowest BCUT2D eigenvalue weighted by atomic mass is 9.87. The van der Waals surface area contributed by atoms with Crippen molar-refractivity contribution in [1.82, 2.24) is 0 Å². The predicted molar refractivity (Wildman–Crippen MR) is 77.6 cm³/mol. The van der Waals surface area contributed by atoms with E-state index in [0.29, 0.717) is 12.3 Å². The van der Waals surface area contributed by atoms with E-state index in [4.69, 9.17) is 5.14 Å². The molecule has 1 aromatic carbocycles. The predicted octanol–water partition coefficient (Wildman–Crippen LogP) is 2.38. The molecule has 0 spiro atoms. The third kappa shape index (κ3) is 4.50. The molecule has 0 atom stereocenters. The smallest absolute Gasteiger partial charge is 0.238 e. The zero-order valence-electron chi connectivity index (χ0n) is 11.6. The minimum absolute atomic E-state index is 0.0248. The van der Waals surface area contributed by atoms with Crippen molar-refractivity contribution < 1.29 is 17.6 Å². The maximum absolute atomic E-state index is 13.8. The Balaban J connectivity index is 2.00. The number of halogens is 1. The third-order valence-electron chi connectivity index (χ3n) is 3.74. The van der Waals surface area contributed by atoms with Gasteiger partial charge in [0.25, 0.3) is 0 Å². The minimum Gasteiger partial charge on any atom is -0.324 e. The van der Waals surface area contributed by atoms with Crippen molar-refractivity contribution in [3.05, 3.63) is 24.0 Å². The van der Waals surface area contributed by atoms with Crippen molar-refractivity contribution in [3.63, 3.8) is 0 Å². The normalized spacial score (nSPS) is 16.7. The monoisotopic (exact) mass is 314 g/mol. The zero-order chi connectivity index (χ0) is 15.5. The number of hydrogen-bond donors (Lipinski definition) is 2. The summed E-state index contributed by atoms with van der Waals surface area (Å²) in [6.45, 7) is 0. The van der Waals surface area contributed by atoms with E-state index < -0.39 is 15.8 Å². The molecule has 1 aliphatic rings. The molecule has 5 nitrogen and oxygen atoms in total. The molecule has 0 unspecified atom stereocenters. The lowest BCUT2D eigenvalue weighted by molar-refractivity contribution is -0.117. The maximum atomic E-state index is 13.8. The molecule has 1 fully saturated rings. The summed E-state index contributed by atoms with van der Waals surface area (Å²) in [4.78, 5) is 11.6. The second kappa shape index (κ2) is 6.53. The summed E-state index contributed by atoms with van der Waals surface area (Å²) < 4.78 is 36.0. The summed E-state index contributed by atoms with van der Waals surface area (Å²) >= 11 is 0. The van der Waals surface area contributed by atoms with Gasteiger partial charge in [0.15, 0.2) is 0 Å². The van der Waals surface area contributed by atoms with Gasteiger partial charge < -0.3 is 5.32 Å². The largest absolute Gasteiger partial charge is 0.324 e. The number of hydrogen-bond acceptors (Lipinski definition) is 3. The van der Waals surface area contributed by atoms with Gasteiger partial charge in [-0.1, -0.05) is 19.3 Å². The summed E-state index contributed by atoms with van der Waals surface area (Å²) in [7, 11) is -3.95. The lowest BCUT2D eigenvalue weighted by Gasteiger charge is -2.20. The molecule has 0 aliphatic heterocycles. The van der Waals surface area contributed by atoms with Crippen LogP contribution in [0.5, 0.6) is 0 Å². The third-order valence-corrected chi connectivity index (χ3v) is 4.65. The van der Waals surface area contributed by atoms with Crippen molar-refractivity contribution >= 4 is 21.6 Å². The van der Waals surface area contributed by atoms with Gasteiger partial charge in [0.1, 0.15) is 5.82 Å². The second-order valence-electron chi connectivity index (χ2n) is 5.44. The molecule has 7 heteroatoms. The molecule has 116 valence electrons. The van der Waals surface area contributed by atoms with Crippen molar-refractivity contribution in [2.24, 2.45) is 11.1 Å². The van der Waals surface area contributed by atoms with E-state index >= 15 is 0 Å². The summed E-state index contributed by atoms with van der Waals surface area (Å²) in [6.07, 6.45) is 5.91. The number of sulfonamides is 1. The molecule has 0 aromatic heterocycles. The summed E-state index contributed by atoms with van der Waals surface area (Å²) in [5.74, 6) is -0.701. The Hall–Kier alpha value is -1.47. The Morgan fingerprint density at radius 3 is 2.52 bits per heavy atom. The average Bonchev–Trinajstić information content (AvgIpc) is 2.41. The van der Waals surface area contributed by atoms with E-state index in [2.05, 4.69) is 5.32 Å². The first-order valence-electron chi connectivity index (χ1n) is 6.98. The number of amides is 1. The van der Waals surface area contributed by atoms with Crippen LogP contribution in [0.2, 0.25) is 0 Å². The van der Waals surface area contributed by atoms with Crippen molar-refractivity contribution in [2.45, 2.75) is 43.4 Å². The highest BCUT2D eigenvalue weighted by molar-refractivity contribution is 7.89. The molecule has 0 bridgehead atoms. The molecule has 1 aromatic rings. The van der Waals surface area contributed by atoms with Crippen LogP contribution in [0, 0.1) is 11.7 Å². The van der Waals surface area contributed by atoms with Crippen LogP contribution in [0.1, 0.15) is 38.5 Å². The van der Waals surface area contributed by atoms with Crippen LogP contribution < -0.4 is 10.5 Å². The van der Waals surface area contributed by atoms with Gasteiger partial charge in [-0.2, -0.15) is 0 Å². The summed E-state index contributed by atoms with van der Waals surface area (Å²) in [6, 6.07) is 3.20. The van der Waals surface area contributed by atoms with Crippen molar-refractivity contribution in [1.29, 1.82) is 0 Å². The topological polar surface area (TPSA) is 89.3 Å². The SMILES string of the molecule is NS(=O)(=O)c1ccc(NC(=O)CC2CCCCC2)c(F)c1. The Morgan fingerprint density at radius 2 is 1.95 bits per heavy atom. The number of carbonyl (C=O) groups excluding carboxylic acids is 1. The van der Waals surface area contributed by atoms with Crippen LogP contribution in [0.4, 0.5) is 10.1 Å². The van der Waals surface area contributed by atoms with Crippen molar-refractivity contribution in [2.75, 3.05) is 5.32 Å². The minimum atomic E-state index is -3.95. The van der Waals surface area contributed by atoms with Gasteiger partial charge in [-0.3, -0.25) is 4.79 Å². The van der Waals surface area contributed by atoms with E-state index in [-0.39, 0.29) is 16.5 Å². The number of benzene rings is 1. The molecule has 1 amide bonds. The van der Waals surface area contributed by atoms with Gasteiger partial charge >= 0.3 is 0 Å². The second-order valence-corrected chi connectivity index (χ2v) is 7.00. The Labute approximate surface area is 123 Å². The van der Waals surface area contributed by atoms with Gasteiger partial charge in [0.05, 0.1) is 10.6 Å². The Bertz CT molecular complexity index is 625. The van der Waals surface area contributed by atoms with E-state index in [1.807, 2.05) is 0 Å².